The van der Waals surface area contributed by atoms with Crippen molar-refractivity contribution in [2.75, 3.05) is 13.2 Å². The summed E-state index contributed by atoms with van der Waals surface area (Å²) in [6.45, 7) is 7.17. The largest absolute Gasteiger partial charge is 0.394 e. The third-order valence-corrected chi connectivity index (χ3v) is 3.15. The van der Waals surface area contributed by atoms with Gasteiger partial charge in [-0.2, -0.15) is 0 Å². The molecule has 0 spiro atoms. The van der Waals surface area contributed by atoms with E-state index in [1.165, 1.54) is 0 Å². The lowest BCUT2D eigenvalue weighted by Crippen LogP contribution is -2.45. The van der Waals surface area contributed by atoms with Gasteiger partial charge >= 0.3 is 0 Å². The Kier molecular flexibility index (Phi) is 3.70. The maximum Gasteiger partial charge on any atom is 0.164 e. The van der Waals surface area contributed by atoms with E-state index < -0.39 is 36.0 Å². The Morgan fingerprint density at radius 1 is 1.11 bits per heavy atom. The van der Waals surface area contributed by atoms with E-state index in [2.05, 4.69) is 0 Å². The van der Waals surface area contributed by atoms with Crippen LogP contribution in [-0.4, -0.2) is 59.4 Å². The van der Waals surface area contributed by atoms with Crippen molar-refractivity contribution in [2.24, 2.45) is 0 Å². The molecular formula is C12H22O6. The Bertz CT molecular complexity index is 303. The zero-order valence-electron chi connectivity index (χ0n) is 11.3. The van der Waals surface area contributed by atoms with Gasteiger partial charge in [0.15, 0.2) is 11.6 Å². The Labute approximate surface area is 107 Å². The maximum atomic E-state index is 10.3. The molecular weight excluding hydrogens is 240 g/mol. The van der Waals surface area contributed by atoms with Crippen LogP contribution in [0.15, 0.2) is 0 Å². The predicted molar refractivity (Wildman–Crippen MR) is 61.8 cm³/mol. The zero-order chi connectivity index (χ0) is 13.6. The van der Waals surface area contributed by atoms with Gasteiger partial charge in [-0.1, -0.05) is 0 Å². The van der Waals surface area contributed by atoms with Gasteiger partial charge in [0.25, 0.3) is 0 Å². The summed E-state index contributed by atoms with van der Waals surface area (Å²) >= 11 is 0. The summed E-state index contributed by atoms with van der Waals surface area (Å²) in [6, 6.07) is 0. The first-order chi connectivity index (χ1) is 8.24. The summed E-state index contributed by atoms with van der Waals surface area (Å²) in [4.78, 5) is 0. The van der Waals surface area contributed by atoms with Crippen LogP contribution in [0.5, 0.6) is 0 Å². The molecule has 0 radical (unpaired) electrons. The van der Waals surface area contributed by atoms with Gasteiger partial charge in [-0.3, -0.25) is 0 Å². The Morgan fingerprint density at radius 3 is 2.28 bits per heavy atom. The van der Waals surface area contributed by atoms with Gasteiger partial charge in [-0.25, -0.2) is 0 Å². The predicted octanol–water partition coefficient (Wildman–Crippen LogP) is 0.0112. The minimum absolute atomic E-state index is 0.206. The van der Waals surface area contributed by atoms with Gasteiger partial charge < -0.3 is 29.2 Å². The standard InChI is InChI=1S/C12H22O6/c1-11(2)15-6-8(17-11)9(14)10-7(5-13)16-12(3,4)18-10/h7-10,13-14H,5-6H2,1-4H3/t7-,8?,9+,10-/m0/s1. The van der Waals surface area contributed by atoms with Crippen molar-refractivity contribution < 1.29 is 29.2 Å². The van der Waals surface area contributed by atoms with E-state index in [4.69, 9.17) is 18.9 Å². The summed E-state index contributed by atoms with van der Waals surface area (Å²) < 4.78 is 22.1. The minimum atomic E-state index is -0.898. The van der Waals surface area contributed by atoms with E-state index in [0.717, 1.165) is 0 Å². The molecule has 0 aromatic rings. The molecule has 2 aliphatic heterocycles. The fourth-order valence-corrected chi connectivity index (χ4v) is 2.39. The van der Waals surface area contributed by atoms with Crippen molar-refractivity contribution >= 4 is 0 Å². The third-order valence-electron chi connectivity index (χ3n) is 3.15. The van der Waals surface area contributed by atoms with Crippen LogP contribution >= 0.6 is 0 Å². The Hall–Kier alpha value is -0.240. The van der Waals surface area contributed by atoms with Gasteiger partial charge in [0.2, 0.25) is 0 Å². The van der Waals surface area contributed by atoms with E-state index >= 15 is 0 Å². The van der Waals surface area contributed by atoms with Crippen LogP contribution in [-0.2, 0) is 18.9 Å². The maximum absolute atomic E-state index is 10.3. The van der Waals surface area contributed by atoms with Gasteiger partial charge in [0.1, 0.15) is 24.4 Å². The van der Waals surface area contributed by atoms with Gasteiger partial charge in [-0.15, -0.1) is 0 Å². The number of hydrogen-bond donors (Lipinski definition) is 2. The molecule has 2 saturated heterocycles. The molecule has 0 aliphatic carbocycles. The molecule has 6 heteroatoms. The summed E-state index contributed by atoms with van der Waals surface area (Å²) in [5.74, 6) is -1.51. The average Bonchev–Trinajstić information content (AvgIpc) is 2.77. The van der Waals surface area contributed by atoms with Gasteiger partial charge in [0.05, 0.1) is 13.2 Å². The Morgan fingerprint density at radius 2 is 1.78 bits per heavy atom. The number of ether oxygens (including phenoxy) is 4. The van der Waals surface area contributed by atoms with E-state index in [1.54, 1.807) is 27.7 Å². The van der Waals surface area contributed by atoms with Crippen molar-refractivity contribution in [3.05, 3.63) is 0 Å². The number of aliphatic hydroxyl groups is 2. The lowest BCUT2D eigenvalue weighted by molar-refractivity contribution is -0.178. The van der Waals surface area contributed by atoms with E-state index in [9.17, 15) is 10.2 Å². The van der Waals surface area contributed by atoms with Crippen molar-refractivity contribution in [3.63, 3.8) is 0 Å². The molecule has 0 saturated carbocycles. The second-order valence-electron chi connectivity index (χ2n) is 5.68. The van der Waals surface area contributed by atoms with Gasteiger partial charge in [-0.05, 0) is 27.7 Å². The van der Waals surface area contributed by atoms with Crippen molar-refractivity contribution in [1.29, 1.82) is 0 Å². The first-order valence-corrected chi connectivity index (χ1v) is 6.20. The molecule has 18 heavy (non-hydrogen) atoms. The van der Waals surface area contributed by atoms with Gasteiger partial charge in [0, 0.05) is 0 Å². The van der Waals surface area contributed by atoms with Crippen LogP contribution < -0.4 is 0 Å². The SMILES string of the molecule is CC1(C)OCC([C@@H](O)[C@H]2OC(C)(C)O[C@H]2CO)O1. The number of hydrogen-bond acceptors (Lipinski definition) is 6. The van der Waals surface area contributed by atoms with Crippen LogP contribution in [0.1, 0.15) is 27.7 Å². The van der Waals surface area contributed by atoms with E-state index in [1.807, 2.05) is 0 Å². The molecule has 4 atom stereocenters. The molecule has 2 heterocycles. The molecule has 6 nitrogen and oxygen atoms in total. The number of aliphatic hydroxyl groups excluding tert-OH is 2. The molecule has 0 aromatic carbocycles. The quantitative estimate of drug-likeness (QED) is 0.746. The van der Waals surface area contributed by atoms with E-state index in [-0.39, 0.29) is 6.61 Å². The first-order valence-electron chi connectivity index (χ1n) is 6.20. The smallest absolute Gasteiger partial charge is 0.164 e. The van der Waals surface area contributed by atoms with Crippen LogP contribution in [0, 0.1) is 0 Å². The highest BCUT2D eigenvalue weighted by atomic mass is 16.8. The lowest BCUT2D eigenvalue weighted by atomic mass is 10.0. The van der Waals surface area contributed by atoms with Crippen LogP contribution in [0.2, 0.25) is 0 Å². The third kappa shape index (κ3) is 2.84. The summed E-state index contributed by atoms with van der Waals surface area (Å²) in [7, 11) is 0. The van der Waals surface area contributed by atoms with Crippen LogP contribution in [0.3, 0.4) is 0 Å². The second-order valence-corrected chi connectivity index (χ2v) is 5.68. The second kappa shape index (κ2) is 4.70. The molecule has 2 aliphatic rings. The summed E-state index contributed by atoms with van der Waals surface area (Å²) in [5.41, 5.74) is 0. The molecule has 2 N–H and O–H groups in total. The van der Waals surface area contributed by atoms with E-state index in [0.29, 0.717) is 6.61 Å². The fourth-order valence-electron chi connectivity index (χ4n) is 2.39. The molecule has 2 rings (SSSR count). The van der Waals surface area contributed by atoms with Crippen molar-refractivity contribution in [2.45, 2.75) is 63.7 Å². The highest BCUT2D eigenvalue weighted by molar-refractivity contribution is 4.91. The minimum Gasteiger partial charge on any atom is -0.394 e. The molecule has 0 bridgehead atoms. The fraction of sp³-hybridized carbons (Fsp3) is 1.00. The molecule has 2 fully saturated rings. The lowest BCUT2D eigenvalue weighted by Gasteiger charge is -2.26. The molecule has 0 amide bonds. The normalized spacial score (nSPS) is 40.0. The van der Waals surface area contributed by atoms with Crippen LogP contribution in [0.4, 0.5) is 0 Å². The van der Waals surface area contributed by atoms with Crippen LogP contribution in [0.25, 0.3) is 0 Å². The monoisotopic (exact) mass is 262 g/mol. The summed E-state index contributed by atoms with van der Waals surface area (Å²) in [5, 5.41) is 19.6. The molecule has 106 valence electrons. The molecule has 1 unspecified atom stereocenters. The highest BCUT2D eigenvalue weighted by Gasteiger charge is 2.49. The first kappa shape index (κ1) is 14.2. The highest BCUT2D eigenvalue weighted by Crippen LogP contribution is 2.33. The average molecular weight is 262 g/mol. The number of rotatable bonds is 3. The zero-order valence-corrected chi connectivity index (χ0v) is 11.3. The molecule has 0 aromatic heterocycles. The van der Waals surface area contributed by atoms with Crippen molar-refractivity contribution in [3.8, 4) is 0 Å². The Balaban J connectivity index is 2.02. The summed E-state index contributed by atoms with van der Waals surface area (Å²) in [6.07, 6.45) is -2.54. The topological polar surface area (TPSA) is 77.4 Å². The van der Waals surface area contributed by atoms with Crippen molar-refractivity contribution in [1.82, 2.24) is 0 Å².